The third-order valence-electron chi connectivity index (χ3n) is 2.52. The smallest absolute Gasteiger partial charge is 0.337 e. The van der Waals surface area contributed by atoms with Crippen LogP contribution in [-0.4, -0.2) is 38.4 Å². The topological polar surface area (TPSA) is 61.8 Å². The zero-order chi connectivity index (χ0) is 15.7. The maximum absolute atomic E-state index is 11.4. The van der Waals surface area contributed by atoms with Crippen LogP contribution in [0.2, 0.25) is 0 Å². The molecule has 5 heteroatoms. The summed E-state index contributed by atoms with van der Waals surface area (Å²) in [6, 6.07) is 6.70. The molecule has 0 radical (unpaired) electrons. The van der Waals surface area contributed by atoms with Gasteiger partial charge in [0.25, 0.3) is 0 Å². The zero-order valence-electron chi connectivity index (χ0n) is 12.5. The number of carbonyl (C=O) groups excluding carboxylic acids is 2. The van der Waals surface area contributed by atoms with Gasteiger partial charge in [-0.3, -0.25) is 0 Å². The Hall–Kier alpha value is -2.14. The van der Waals surface area contributed by atoms with Crippen molar-refractivity contribution in [2.45, 2.75) is 20.0 Å². The van der Waals surface area contributed by atoms with E-state index in [0.717, 1.165) is 5.56 Å². The minimum absolute atomic E-state index is 0.118. The maximum Gasteiger partial charge on any atom is 0.337 e. The van der Waals surface area contributed by atoms with Crippen molar-refractivity contribution in [1.29, 1.82) is 0 Å². The highest BCUT2D eigenvalue weighted by Crippen LogP contribution is 2.07. The summed E-state index contributed by atoms with van der Waals surface area (Å²) in [4.78, 5) is 22.7. The summed E-state index contributed by atoms with van der Waals surface area (Å²) in [5, 5.41) is 0. The molecule has 114 valence electrons. The average molecular weight is 292 g/mol. The fraction of sp³-hybridized carbons (Fsp3) is 0.375. The summed E-state index contributed by atoms with van der Waals surface area (Å²) in [5.41, 5.74) is 1.25. The number of hydrogen-bond acceptors (Lipinski definition) is 5. The van der Waals surface area contributed by atoms with Crippen LogP contribution >= 0.6 is 0 Å². The molecule has 0 N–H and O–H groups in total. The third kappa shape index (κ3) is 6.72. The van der Waals surface area contributed by atoms with Crippen LogP contribution < -0.4 is 0 Å². The first-order valence-electron chi connectivity index (χ1n) is 6.67. The predicted molar refractivity (Wildman–Crippen MR) is 78.9 cm³/mol. The molecular formula is C16H20O5. The van der Waals surface area contributed by atoms with E-state index in [1.165, 1.54) is 13.2 Å². The van der Waals surface area contributed by atoms with Gasteiger partial charge in [0.15, 0.2) is 0 Å². The first kappa shape index (κ1) is 16.9. The van der Waals surface area contributed by atoms with Crippen LogP contribution in [0.3, 0.4) is 0 Å². The minimum atomic E-state index is -0.431. The molecule has 0 fully saturated rings. The summed E-state index contributed by atoms with van der Waals surface area (Å²) in [7, 11) is 1.33. The van der Waals surface area contributed by atoms with E-state index in [2.05, 4.69) is 4.74 Å². The molecule has 0 heterocycles. The Morgan fingerprint density at radius 3 is 2.38 bits per heavy atom. The monoisotopic (exact) mass is 292 g/mol. The van der Waals surface area contributed by atoms with E-state index in [-0.39, 0.29) is 12.7 Å². The van der Waals surface area contributed by atoms with Crippen molar-refractivity contribution in [2.75, 3.05) is 20.3 Å². The summed E-state index contributed by atoms with van der Waals surface area (Å²) in [6.45, 7) is 4.44. The molecule has 0 spiro atoms. The second-order valence-corrected chi connectivity index (χ2v) is 4.53. The number of rotatable bonds is 7. The SMILES string of the molecule is COC(=O)c1ccc(C=CC(=O)OCCOC(C)C)cc1. The molecule has 0 atom stereocenters. The standard InChI is InChI=1S/C16H20O5/c1-12(2)20-10-11-21-15(17)9-6-13-4-7-14(8-5-13)16(18)19-3/h4-9,12H,10-11H2,1-3H3. The highest BCUT2D eigenvalue weighted by atomic mass is 16.6. The lowest BCUT2D eigenvalue weighted by Gasteiger charge is -2.06. The van der Waals surface area contributed by atoms with Crippen molar-refractivity contribution in [2.24, 2.45) is 0 Å². The molecule has 0 saturated carbocycles. The molecule has 1 aromatic carbocycles. The molecule has 0 aromatic heterocycles. The van der Waals surface area contributed by atoms with E-state index in [1.54, 1.807) is 30.3 Å². The molecule has 0 amide bonds. The number of carbonyl (C=O) groups is 2. The number of ether oxygens (including phenoxy) is 3. The van der Waals surface area contributed by atoms with Gasteiger partial charge in [0.2, 0.25) is 0 Å². The number of esters is 2. The van der Waals surface area contributed by atoms with E-state index in [4.69, 9.17) is 9.47 Å². The van der Waals surface area contributed by atoms with E-state index in [0.29, 0.717) is 12.2 Å². The molecule has 1 rings (SSSR count). The van der Waals surface area contributed by atoms with E-state index in [9.17, 15) is 9.59 Å². The third-order valence-corrected chi connectivity index (χ3v) is 2.52. The summed E-state index contributed by atoms with van der Waals surface area (Å²) in [6.07, 6.45) is 3.07. The highest BCUT2D eigenvalue weighted by molar-refractivity contribution is 5.90. The van der Waals surface area contributed by atoms with Gasteiger partial charge in [-0.15, -0.1) is 0 Å². The van der Waals surface area contributed by atoms with Crippen LogP contribution in [-0.2, 0) is 19.0 Å². The van der Waals surface area contributed by atoms with Crippen molar-refractivity contribution in [3.05, 3.63) is 41.5 Å². The van der Waals surface area contributed by atoms with Crippen LogP contribution in [0.5, 0.6) is 0 Å². The molecule has 21 heavy (non-hydrogen) atoms. The van der Waals surface area contributed by atoms with Crippen LogP contribution in [0.4, 0.5) is 0 Å². The first-order chi connectivity index (χ1) is 10.0. The second-order valence-electron chi connectivity index (χ2n) is 4.53. The van der Waals surface area contributed by atoms with Gasteiger partial charge in [-0.1, -0.05) is 12.1 Å². The average Bonchev–Trinajstić information content (AvgIpc) is 2.49. The minimum Gasteiger partial charge on any atom is -0.465 e. The largest absolute Gasteiger partial charge is 0.465 e. The molecule has 0 aliphatic heterocycles. The first-order valence-corrected chi connectivity index (χ1v) is 6.67. The Morgan fingerprint density at radius 1 is 1.14 bits per heavy atom. The van der Waals surface area contributed by atoms with Gasteiger partial charge in [-0.05, 0) is 37.6 Å². The Balaban J connectivity index is 2.41. The Kier molecular flexibility index (Phi) is 7.18. The number of hydrogen-bond donors (Lipinski definition) is 0. The van der Waals surface area contributed by atoms with E-state index >= 15 is 0 Å². The molecule has 0 saturated heterocycles. The van der Waals surface area contributed by atoms with Gasteiger partial charge in [-0.2, -0.15) is 0 Å². The fourth-order valence-electron chi connectivity index (χ4n) is 1.49. The lowest BCUT2D eigenvalue weighted by molar-refractivity contribution is -0.139. The number of methoxy groups -OCH3 is 1. The van der Waals surface area contributed by atoms with Gasteiger partial charge in [-0.25, -0.2) is 9.59 Å². The van der Waals surface area contributed by atoms with Crippen molar-refractivity contribution in [1.82, 2.24) is 0 Å². The van der Waals surface area contributed by atoms with Gasteiger partial charge in [0.05, 0.1) is 25.4 Å². The summed E-state index contributed by atoms with van der Waals surface area (Å²) in [5.74, 6) is -0.825. The molecule has 0 aliphatic rings. The second kappa shape index (κ2) is 8.92. The Bertz CT molecular complexity index is 488. The normalized spacial score (nSPS) is 10.9. The molecule has 1 aromatic rings. The van der Waals surface area contributed by atoms with Crippen molar-refractivity contribution >= 4 is 18.0 Å². The maximum atomic E-state index is 11.4. The van der Waals surface area contributed by atoms with Crippen LogP contribution in [0.1, 0.15) is 29.8 Å². The highest BCUT2D eigenvalue weighted by Gasteiger charge is 2.03. The molecule has 0 bridgehead atoms. The van der Waals surface area contributed by atoms with Gasteiger partial charge in [0, 0.05) is 6.08 Å². The zero-order valence-corrected chi connectivity index (χ0v) is 12.5. The molecule has 0 unspecified atom stereocenters. The lowest BCUT2D eigenvalue weighted by Crippen LogP contribution is -2.12. The van der Waals surface area contributed by atoms with Crippen LogP contribution in [0, 0.1) is 0 Å². The summed E-state index contributed by atoms with van der Waals surface area (Å²) < 4.78 is 14.8. The van der Waals surface area contributed by atoms with Crippen LogP contribution in [0.15, 0.2) is 30.3 Å². The summed E-state index contributed by atoms with van der Waals surface area (Å²) >= 11 is 0. The van der Waals surface area contributed by atoms with E-state index in [1.807, 2.05) is 13.8 Å². The van der Waals surface area contributed by atoms with Crippen molar-refractivity contribution in [3.63, 3.8) is 0 Å². The lowest BCUT2D eigenvalue weighted by atomic mass is 10.1. The van der Waals surface area contributed by atoms with Gasteiger partial charge >= 0.3 is 11.9 Å². The van der Waals surface area contributed by atoms with E-state index < -0.39 is 11.9 Å². The molecular weight excluding hydrogens is 272 g/mol. The quantitative estimate of drug-likeness (QED) is 0.439. The van der Waals surface area contributed by atoms with Crippen molar-refractivity contribution in [3.8, 4) is 0 Å². The van der Waals surface area contributed by atoms with Crippen molar-refractivity contribution < 1.29 is 23.8 Å². The Labute approximate surface area is 124 Å². The molecule has 0 aliphatic carbocycles. The Morgan fingerprint density at radius 2 is 1.81 bits per heavy atom. The predicted octanol–water partition coefficient (Wildman–Crippen LogP) is 2.45. The van der Waals surface area contributed by atoms with Gasteiger partial charge in [0.1, 0.15) is 6.61 Å². The number of benzene rings is 1. The fourth-order valence-corrected chi connectivity index (χ4v) is 1.49. The van der Waals surface area contributed by atoms with Gasteiger partial charge < -0.3 is 14.2 Å². The molecule has 5 nitrogen and oxygen atoms in total. The van der Waals surface area contributed by atoms with Crippen LogP contribution in [0.25, 0.3) is 6.08 Å².